The van der Waals surface area contributed by atoms with Gasteiger partial charge < -0.3 is 9.30 Å². The maximum Gasteiger partial charge on any atom is 0.337 e. The Hall–Kier alpha value is -4.36. The van der Waals surface area contributed by atoms with Crippen LogP contribution in [0.25, 0.3) is 11.8 Å². The van der Waals surface area contributed by atoms with Crippen LogP contribution in [0, 0.1) is 20.8 Å². The molecule has 0 unspecified atom stereocenters. The van der Waals surface area contributed by atoms with Gasteiger partial charge in [0, 0.05) is 17.1 Å². The summed E-state index contributed by atoms with van der Waals surface area (Å²) in [6, 6.07) is 27.3. The van der Waals surface area contributed by atoms with Crippen LogP contribution in [0.5, 0.6) is 0 Å². The minimum Gasteiger partial charge on any atom is -0.465 e. The number of benzene rings is 3. The Morgan fingerprint density at radius 3 is 2.31 bits per heavy atom. The van der Waals surface area contributed by atoms with E-state index in [1.165, 1.54) is 18.9 Å². The largest absolute Gasteiger partial charge is 0.465 e. The van der Waals surface area contributed by atoms with Crippen LogP contribution in [0.4, 0.5) is 5.69 Å². The number of ether oxygens (including phenoxy) is 1. The van der Waals surface area contributed by atoms with Gasteiger partial charge in [0.15, 0.2) is 5.17 Å². The van der Waals surface area contributed by atoms with Crippen molar-refractivity contribution in [1.29, 1.82) is 0 Å². The Balaban J connectivity index is 1.51. The number of thioether (sulfide) groups is 1. The molecule has 7 heteroatoms. The minimum atomic E-state index is -0.360. The fourth-order valence-electron chi connectivity index (χ4n) is 4.71. The van der Waals surface area contributed by atoms with Crippen molar-refractivity contribution < 1.29 is 14.3 Å². The molecule has 0 spiro atoms. The number of aryl methyl sites for hydroxylation is 2. The molecule has 0 saturated carbocycles. The molecule has 6 nitrogen and oxygen atoms in total. The van der Waals surface area contributed by atoms with Gasteiger partial charge in [-0.3, -0.25) is 9.69 Å². The van der Waals surface area contributed by atoms with Crippen molar-refractivity contribution >= 4 is 40.6 Å². The summed E-state index contributed by atoms with van der Waals surface area (Å²) in [6.07, 6.45) is 1.95. The Labute approximate surface area is 232 Å². The number of hydrogen-bond donors (Lipinski definition) is 0. The molecule has 1 aromatic heterocycles. The van der Waals surface area contributed by atoms with Crippen molar-refractivity contribution in [3.63, 3.8) is 0 Å². The van der Waals surface area contributed by atoms with Gasteiger partial charge in [0.1, 0.15) is 0 Å². The summed E-state index contributed by atoms with van der Waals surface area (Å²) in [7, 11) is 1.38. The van der Waals surface area contributed by atoms with E-state index in [9.17, 15) is 9.59 Å². The first-order valence-electron chi connectivity index (χ1n) is 12.6. The molecule has 0 N–H and O–H groups in total. The van der Waals surface area contributed by atoms with E-state index in [1.807, 2.05) is 99.6 Å². The maximum absolute atomic E-state index is 13.7. The van der Waals surface area contributed by atoms with Crippen molar-refractivity contribution in [2.24, 2.45) is 4.99 Å². The highest BCUT2D eigenvalue weighted by molar-refractivity contribution is 8.18. The lowest BCUT2D eigenvalue weighted by atomic mass is 10.1. The van der Waals surface area contributed by atoms with Gasteiger partial charge in [-0.1, -0.05) is 48.5 Å². The third-order valence-corrected chi connectivity index (χ3v) is 7.67. The highest BCUT2D eigenvalue weighted by atomic mass is 32.2. The highest BCUT2D eigenvalue weighted by Gasteiger charge is 2.34. The SMILES string of the molecule is COC(=O)c1ccc(-n2c(C)cc(/C=C3\SC(=Nc4ccccc4)N(Cc4ccccc4)C3=O)c2C)c(C)c1. The molecule has 1 amide bonds. The van der Waals surface area contributed by atoms with Crippen LogP contribution in [0.2, 0.25) is 0 Å². The lowest BCUT2D eigenvalue weighted by Crippen LogP contribution is -2.28. The number of aromatic nitrogens is 1. The van der Waals surface area contributed by atoms with Crippen LogP contribution in [-0.2, 0) is 16.1 Å². The van der Waals surface area contributed by atoms with Gasteiger partial charge in [-0.2, -0.15) is 0 Å². The summed E-state index contributed by atoms with van der Waals surface area (Å²) in [5, 5.41) is 0.657. The molecular formula is C32H29N3O3S. The Morgan fingerprint density at radius 2 is 1.64 bits per heavy atom. The summed E-state index contributed by atoms with van der Waals surface area (Å²) < 4.78 is 7.01. The molecule has 5 rings (SSSR count). The fraction of sp³-hybridized carbons (Fsp3) is 0.156. The molecule has 1 aliphatic heterocycles. The predicted octanol–water partition coefficient (Wildman–Crippen LogP) is 6.99. The second-order valence-electron chi connectivity index (χ2n) is 9.37. The number of para-hydroxylation sites is 1. The molecule has 1 aliphatic rings. The second-order valence-corrected chi connectivity index (χ2v) is 10.4. The molecular weight excluding hydrogens is 506 g/mol. The van der Waals surface area contributed by atoms with Crippen LogP contribution in [0.1, 0.15) is 38.4 Å². The number of carbonyl (C=O) groups excluding carboxylic acids is 2. The third-order valence-electron chi connectivity index (χ3n) is 6.67. The van der Waals surface area contributed by atoms with Crippen molar-refractivity contribution in [1.82, 2.24) is 9.47 Å². The zero-order valence-corrected chi connectivity index (χ0v) is 23.2. The van der Waals surface area contributed by atoms with Gasteiger partial charge in [-0.05, 0) is 91.7 Å². The number of aliphatic imine (C=N–C) groups is 1. The summed E-state index contributed by atoms with van der Waals surface area (Å²) in [4.78, 5) is 32.8. The van der Waals surface area contributed by atoms with E-state index in [0.717, 1.165) is 39.5 Å². The van der Waals surface area contributed by atoms with E-state index in [2.05, 4.69) is 10.6 Å². The van der Waals surface area contributed by atoms with E-state index in [0.29, 0.717) is 22.2 Å². The quantitative estimate of drug-likeness (QED) is 0.197. The molecule has 0 radical (unpaired) electrons. The molecule has 39 heavy (non-hydrogen) atoms. The lowest BCUT2D eigenvalue weighted by Gasteiger charge is -2.15. The number of carbonyl (C=O) groups is 2. The third kappa shape index (κ3) is 5.45. The first kappa shape index (κ1) is 26.3. The van der Waals surface area contributed by atoms with Gasteiger partial charge in [0.2, 0.25) is 0 Å². The molecule has 0 bridgehead atoms. The predicted molar refractivity (Wildman–Crippen MR) is 157 cm³/mol. The zero-order valence-electron chi connectivity index (χ0n) is 22.3. The zero-order chi connectivity index (χ0) is 27.5. The summed E-state index contributed by atoms with van der Waals surface area (Å²) >= 11 is 1.39. The van der Waals surface area contributed by atoms with Crippen LogP contribution >= 0.6 is 11.8 Å². The topological polar surface area (TPSA) is 63.9 Å². The normalized spacial score (nSPS) is 15.4. The number of amidine groups is 1. The van der Waals surface area contributed by atoms with E-state index in [4.69, 9.17) is 9.73 Å². The maximum atomic E-state index is 13.7. The lowest BCUT2D eigenvalue weighted by molar-refractivity contribution is -0.122. The molecule has 0 aliphatic carbocycles. The average Bonchev–Trinajstić information content (AvgIpc) is 3.38. The molecule has 1 saturated heterocycles. The van der Waals surface area contributed by atoms with Crippen LogP contribution in [0.15, 0.2) is 94.8 Å². The van der Waals surface area contributed by atoms with E-state index in [1.54, 1.807) is 11.0 Å². The Bertz CT molecular complexity index is 1600. The standard InChI is InChI=1S/C32H29N3O3S/c1-21-17-25(31(37)38-4)15-16-28(21)35-22(2)18-26(23(35)3)19-29-30(36)34(20-24-11-7-5-8-12-24)32(39-29)33-27-13-9-6-10-14-27/h5-19H,20H2,1-4H3/b29-19-,33-32?. The highest BCUT2D eigenvalue weighted by Crippen LogP contribution is 2.36. The molecule has 3 aromatic carbocycles. The molecule has 4 aromatic rings. The van der Waals surface area contributed by atoms with Crippen LogP contribution in [-0.4, -0.2) is 33.6 Å². The average molecular weight is 536 g/mol. The monoisotopic (exact) mass is 535 g/mol. The molecule has 196 valence electrons. The summed E-state index contributed by atoms with van der Waals surface area (Å²) in [5.41, 5.74) is 7.28. The number of nitrogens with zero attached hydrogens (tertiary/aromatic N) is 3. The van der Waals surface area contributed by atoms with E-state index in [-0.39, 0.29) is 11.9 Å². The van der Waals surface area contributed by atoms with Crippen LogP contribution in [0.3, 0.4) is 0 Å². The van der Waals surface area contributed by atoms with Crippen molar-refractivity contribution in [3.05, 3.63) is 123 Å². The number of methoxy groups -OCH3 is 1. The molecule has 0 atom stereocenters. The van der Waals surface area contributed by atoms with Crippen molar-refractivity contribution in [2.75, 3.05) is 7.11 Å². The van der Waals surface area contributed by atoms with E-state index >= 15 is 0 Å². The first-order chi connectivity index (χ1) is 18.9. The number of esters is 1. The number of hydrogen-bond acceptors (Lipinski definition) is 5. The fourth-order valence-corrected chi connectivity index (χ4v) is 5.70. The van der Waals surface area contributed by atoms with E-state index < -0.39 is 0 Å². The van der Waals surface area contributed by atoms with Crippen molar-refractivity contribution in [2.45, 2.75) is 27.3 Å². The summed E-state index contributed by atoms with van der Waals surface area (Å²) in [5.74, 6) is -0.428. The van der Waals surface area contributed by atoms with Crippen LogP contribution < -0.4 is 0 Å². The number of rotatable bonds is 6. The van der Waals surface area contributed by atoms with Gasteiger partial charge in [0.25, 0.3) is 5.91 Å². The second kappa shape index (κ2) is 11.2. The molecule has 2 heterocycles. The molecule has 1 fully saturated rings. The van der Waals surface area contributed by atoms with Gasteiger partial charge in [0.05, 0.1) is 29.8 Å². The first-order valence-corrected chi connectivity index (χ1v) is 13.4. The van der Waals surface area contributed by atoms with Gasteiger partial charge in [-0.15, -0.1) is 0 Å². The minimum absolute atomic E-state index is 0.0676. The van der Waals surface area contributed by atoms with Gasteiger partial charge >= 0.3 is 5.97 Å². The van der Waals surface area contributed by atoms with Gasteiger partial charge in [-0.25, -0.2) is 9.79 Å². The smallest absolute Gasteiger partial charge is 0.337 e. The Morgan fingerprint density at radius 1 is 0.949 bits per heavy atom. The number of amides is 1. The van der Waals surface area contributed by atoms with Crippen molar-refractivity contribution in [3.8, 4) is 5.69 Å². The Kier molecular flexibility index (Phi) is 7.52. The summed E-state index contributed by atoms with van der Waals surface area (Å²) in [6.45, 7) is 6.50.